The van der Waals surface area contributed by atoms with Crippen molar-refractivity contribution in [3.63, 3.8) is 0 Å². The molecule has 8 aromatic carbocycles. The number of fused-ring (bicyclic) bond motifs is 9. The maximum Gasteiger partial charge on any atom is 0.125 e. The first-order valence-electron chi connectivity index (χ1n) is 33.3. The van der Waals surface area contributed by atoms with Crippen molar-refractivity contribution in [1.82, 2.24) is 24.9 Å². The van der Waals surface area contributed by atoms with Gasteiger partial charge in [0.05, 0.1) is 5.52 Å². The third-order valence-corrected chi connectivity index (χ3v) is 18.1. The fourth-order valence-electron chi connectivity index (χ4n) is 13.0. The quantitative estimate of drug-likeness (QED) is 0.164. The van der Waals surface area contributed by atoms with Crippen molar-refractivity contribution in [3.8, 4) is 11.1 Å². The normalized spacial score (nSPS) is 15.8. The van der Waals surface area contributed by atoms with Crippen molar-refractivity contribution in [1.29, 1.82) is 0 Å². The molecule has 91 heavy (non-hydrogen) atoms. The number of para-hydroxylation sites is 2. The Hall–Kier alpha value is -9.06. The van der Waals surface area contributed by atoms with Gasteiger partial charge in [-0.2, -0.15) is 0 Å². The van der Waals surface area contributed by atoms with Gasteiger partial charge in [-0.05, 0) is 224 Å². The number of aromatic amines is 1. The highest BCUT2D eigenvalue weighted by Crippen LogP contribution is 2.44. The Bertz CT molecular complexity index is 4020. The van der Waals surface area contributed by atoms with E-state index in [1.165, 1.54) is 108 Å². The lowest BCUT2D eigenvalue weighted by molar-refractivity contribution is 0.501. The van der Waals surface area contributed by atoms with Crippen LogP contribution >= 0.6 is 0 Å². The van der Waals surface area contributed by atoms with E-state index in [1.54, 1.807) is 69.2 Å². The Labute approximate surface area is 544 Å². The zero-order chi connectivity index (χ0) is 63.7. The summed E-state index contributed by atoms with van der Waals surface area (Å²) in [6.45, 7) is 19.5. The van der Waals surface area contributed by atoms with Gasteiger partial charge < -0.3 is 4.98 Å². The van der Waals surface area contributed by atoms with Crippen LogP contribution in [0.1, 0.15) is 156 Å². The number of hydrogen-bond acceptors (Lipinski definition) is 4. The second-order valence-corrected chi connectivity index (χ2v) is 25.4. The minimum Gasteiger partial charge on any atom is -0.361 e. The number of aromatic nitrogens is 5. The number of nitrogens with one attached hydrogen (secondary N) is 1. The lowest BCUT2D eigenvalue weighted by Crippen LogP contribution is -2.10. The summed E-state index contributed by atoms with van der Waals surface area (Å²) in [5, 5.41) is 2.53. The van der Waals surface area contributed by atoms with Crippen LogP contribution in [-0.2, 0) is 38.5 Å². The molecule has 5 aliphatic rings. The summed E-state index contributed by atoms with van der Waals surface area (Å²) in [5.74, 6) is 4.74. The average molecular weight is 1200 g/mol. The number of H-pyrrole nitrogens is 1. The second-order valence-electron chi connectivity index (χ2n) is 25.4. The van der Waals surface area contributed by atoms with Gasteiger partial charge in [0.15, 0.2) is 0 Å². The van der Waals surface area contributed by atoms with Crippen molar-refractivity contribution >= 4 is 21.8 Å². The largest absolute Gasteiger partial charge is 0.361 e. The lowest BCUT2D eigenvalue weighted by atomic mass is 9.84. The van der Waals surface area contributed by atoms with Crippen molar-refractivity contribution in [2.75, 3.05) is 0 Å². The van der Waals surface area contributed by atoms with Crippen LogP contribution in [0.5, 0.6) is 0 Å². The number of benzene rings is 8. The van der Waals surface area contributed by atoms with Crippen LogP contribution in [0, 0.1) is 39.5 Å². The molecule has 12 aromatic rings. The molecule has 0 spiro atoms. The van der Waals surface area contributed by atoms with Gasteiger partial charge >= 0.3 is 0 Å². The van der Waals surface area contributed by atoms with E-state index in [1.807, 2.05) is 75.5 Å². The minimum atomic E-state index is 0.558. The summed E-state index contributed by atoms with van der Waals surface area (Å²) < 4.78 is 0. The molecule has 0 saturated heterocycles. The highest BCUT2D eigenvalue weighted by Gasteiger charge is 2.24. The van der Waals surface area contributed by atoms with Gasteiger partial charge in [-0.3, -0.25) is 9.97 Å². The van der Waals surface area contributed by atoms with Gasteiger partial charge in [-0.25, -0.2) is 9.97 Å². The Morgan fingerprint density at radius 1 is 0.363 bits per heavy atom. The highest BCUT2D eigenvalue weighted by atomic mass is 14.8. The number of nitrogens with zero attached hydrogens (tertiary/aromatic N) is 4. The summed E-state index contributed by atoms with van der Waals surface area (Å²) >= 11 is 0. The molecule has 5 heteroatoms. The predicted molar refractivity (Wildman–Crippen MR) is 386 cm³/mol. The highest BCUT2D eigenvalue weighted by molar-refractivity contribution is 5.83. The SMILES string of the molecule is CC1CCCc2ccccc21.CC1CCc2ccccc21.CC1CCc2ccccc2C1.CC1Cc2ccccc2C1.CC1c2ccccc2-c2ccccc21.Cc1c[nH]c2ccccc12.Cc1ccc2ccccc2n1.Cc1ccccn1.Cc1ncccn1. The Kier molecular flexibility index (Phi) is 25.0. The molecule has 0 radical (unpaired) electrons. The van der Waals surface area contributed by atoms with Gasteiger partial charge in [-0.1, -0.05) is 229 Å². The fraction of sp³-hybridized carbons (Fsp3) is 0.279. The predicted octanol–water partition coefficient (Wildman–Crippen LogP) is 22.1. The molecule has 5 aliphatic carbocycles. The second kappa shape index (κ2) is 34.2. The summed E-state index contributed by atoms with van der Waals surface area (Å²) in [5.41, 5.74) is 24.1. The van der Waals surface area contributed by atoms with Crippen LogP contribution < -0.4 is 0 Å². The van der Waals surface area contributed by atoms with E-state index < -0.39 is 0 Å². The number of rotatable bonds is 0. The third kappa shape index (κ3) is 19.5. The van der Waals surface area contributed by atoms with Gasteiger partial charge in [-0.15, -0.1) is 0 Å². The van der Waals surface area contributed by atoms with Crippen LogP contribution in [-0.4, -0.2) is 24.9 Å². The zero-order valence-corrected chi connectivity index (χ0v) is 55.5. The van der Waals surface area contributed by atoms with Gasteiger partial charge in [0.1, 0.15) is 5.82 Å². The molecule has 0 saturated carbocycles. The lowest BCUT2D eigenvalue weighted by Gasteiger charge is -2.21. The van der Waals surface area contributed by atoms with Crippen molar-refractivity contribution in [2.45, 2.75) is 144 Å². The molecule has 5 nitrogen and oxygen atoms in total. The zero-order valence-electron chi connectivity index (χ0n) is 55.5. The van der Waals surface area contributed by atoms with Crippen molar-refractivity contribution in [3.05, 3.63) is 334 Å². The topological polar surface area (TPSA) is 67.3 Å². The van der Waals surface area contributed by atoms with E-state index in [2.05, 4.69) is 242 Å². The molecule has 17 rings (SSSR count). The molecule has 3 atom stereocenters. The molecule has 0 amide bonds. The maximum atomic E-state index is 4.38. The molecule has 0 bridgehead atoms. The smallest absolute Gasteiger partial charge is 0.125 e. The van der Waals surface area contributed by atoms with Crippen LogP contribution in [0.15, 0.2) is 255 Å². The Morgan fingerprint density at radius 3 is 1.41 bits per heavy atom. The summed E-state index contributed by atoms with van der Waals surface area (Å²) in [4.78, 5) is 19.3. The van der Waals surface area contributed by atoms with Crippen LogP contribution in [0.25, 0.3) is 32.9 Å². The molecule has 4 heterocycles. The van der Waals surface area contributed by atoms with Gasteiger partial charge in [0.2, 0.25) is 0 Å². The van der Waals surface area contributed by atoms with Crippen LogP contribution in [0.4, 0.5) is 0 Å². The van der Waals surface area contributed by atoms with E-state index in [0.29, 0.717) is 5.92 Å². The number of hydrogen-bond donors (Lipinski definition) is 1. The summed E-state index contributed by atoms with van der Waals surface area (Å²) in [7, 11) is 0. The van der Waals surface area contributed by atoms with Crippen LogP contribution in [0.2, 0.25) is 0 Å². The van der Waals surface area contributed by atoms with E-state index in [0.717, 1.165) is 46.4 Å². The fourth-order valence-corrected chi connectivity index (χ4v) is 13.0. The van der Waals surface area contributed by atoms with Gasteiger partial charge in [0, 0.05) is 58.4 Å². The van der Waals surface area contributed by atoms with E-state index in [9.17, 15) is 0 Å². The first-order valence-corrected chi connectivity index (χ1v) is 33.3. The van der Waals surface area contributed by atoms with Crippen molar-refractivity contribution < 1.29 is 0 Å². The standard InChI is InChI=1S/C14H12.2C11H14.C10H9N.2C10H12.C9H9N.C6H7N.C5H6N2/c1-10-11-6-2-4-8-13(11)14-9-5-3-7-12(10)14;1-9-5-4-7-10-6-2-3-8-11(9)10;1-9-6-7-10-4-2-3-5-11(10)8-9;1-8-6-7-9-4-2-3-5-10(9)11-8;1-8-6-9-4-2-3-5-10(9)7-8;1-8-6-7-9-4-2-3-5-10(8)9;1-7-6-10-9-5-3-2-4-8(7)9;1-6-4-2-3-5-7-6;1-5-6-3-2-4-7-5/h2-10H,1H3;2-3,6,8-9H,4-5,7H2,1H3;2-5,9H,6-8H2,1H3;2-7H,1H3;2*2-5,8H,6-7H2,1H3;2-6,10H,1H3;2-5H,1H3;2-4H,1H3. The molecular weight excluding hydrogens is 1100 g/mol. The van der Waals surface area contributed by atoms with E-state index in [-0.39, 0.29) is 0 Å². The maximum absolute atomic E-state index is 4.38. The summed E-state index contributed by atoms with van der Waals surface area (Å²) in [6, 6.07) is 80.9. The third-order valence-electron chi connectivity index (χ3n) is 18.1. The average Bonchev–Trinajstić information content (AvgIpc) is 1.67. The monoisotopic (exact) mass is 1200 g/mol. The Morgan fingerprint density at radius 2 is 0.846 bits per heavy atom. The molecule has 1 N–H and O–H groups in total. The molecule has 0 fully saturated rings. The van der Waals surface area contributed by atoms with Gasteiger partial charge in [0.25, 0.3) is 0 Å². The molecule has 4 aromatic heterocycles. The first kappa shape index (κ1) is 66.4. The van der Waals surface area contributed by atoms with Crippen molar-refractivity contribution in [2.24, 2.45) is 11.8 Å². The minimum absolute atomic E-state index is 0.558. The molecule has 3 unspecified atom stereocenters. The first-order chi connectivity index (χ1) is 44.4. The molecular formula is C86H95N5. The molecule has 0 aliphatic heterocycles. The van der Waals surface area contributed by atoms with Crippen LogP contribution in [0.3, 0.4) is 0 Å². The van der Waals surface area contributed by atoms with E-state index in [4.69, 9.17) is 0 Å². The number of aryl methyl sites for hydroxylation is 7. The van der Waals surface area contributed by atoms with E-state index >= 15 is 0 Å². The Balaban J connectivity index is 0.000000122. The molecule has 464 valence electrons. The number of pyridine rings is 2. The summed E-state index contributed by atoms with van der Waals surface area (Å²) in [6.07, 6.45) is 20.5.